The third kappa shape index (κ3) is 5.73. The Morgan fingerprint density at radius 2 is 1.85 bits per heavy atom. The van der Waals surface area contributed by atoms with Gasteiger partial charge in [0, 0.05) is 22.0 Å². The van der Waals surface area contributed by atoms with Crippen molar-refractivity contribution < 1.29 is 9.53 Å². The number of rotatable bonds is 7. The number of nitrogens with zero attached hydrogens (tertiary/aromatic N) is 1. The Kier molecular flexibility index (Phi) is 6.50. The predicted octanol–water partition coefficient (Wildman–Crippen LogP) is 4.89. The minimum atomic E-state index is -0.0581. The van der Waals surface area contributed by atoms with E-state index < -0.39 is 0 Å². The van der Waals surface area contributed by atoms with Gasteiger partial charge in [-0.15, -0.1) is 11.3 Å². The van der Waals surface area contributed by atoms with E-state index >= 15 is 0 Å². The second kappa shape index (κ2) is 9.03. The van der Waals surface area contributed by atoms with E-state index in [1.54, 1.807) is 18.2 Å². The molecule has 0 aliphatic heterocycles. The smallest absolute Gasteiger partial charge is 0.227 e. The molecule has 0 radical (unpaired) electrons. The van der Waals surface area contributed by atoms with Crippen LogP contribution in [0.5, 0.6) is 5.75 Å². The first kappa shape index (κ1) is 18.7. The Hall–Kier alpha value is -2.08. The first-order valence-electron chi connectivity index (χ1n) is 7.91. The summed E-state index contributed by atoms with van der Waals surface area (Å²) in [5, 5.41) is 6.55. The zero-order valence-electron chi connectivity index (χ0n) is 13.7. The summed E-state index contributed by atoms with van der Waals surface area (Å²) < 4.78 is 5.65. The molecule has 0 saturated heterocycles. The molecular weight excluding hydrogens is 391 g/mol. The maximum Gasteiger partial charge on any atom is 0.227 e. The standard InChI is InChI=1S/C19H16Cl2N2O2S/c20-14-6-15(21)8-17(7-14)25-11-16-12-26-19(23-16)9-18(24)22-10-13-4-2-1-3-5-13/h1-8,12H,9-11H2,(H,22,24). The number of hydrogen-bond donors (Lipinski definition) is 1. The van der Waals surface area contributed by atoms with Crippen LogP contribution in [0.15, 0.2) is 53.9 Å². The summed E-state index contributed by atoms with van der Waals surface area (Å²) >= 11 is 13.3. The number of thiazole rings is 1. The molecule has 0 saturated carbocycles. The van der Waals surface area contributed by atoms with Crippen LogP contribution < -0.4 is 10.1 Å². The molecular formula is C19H16Cl2N2O2S. The van der Waals surface area contributed by atoms with Crippen LogP contribution in [-0.2, 0) is 24.4 Å². The number of ether oxygens (including phenoxy) is 1. The van der Waals surface area contributed by atoms with E-state index in [4.69, 9.17) is 27.9 Å². The van der Waals surface area contributed by atoms with Crippen LogP contribution in [-0.4, -0.2) is 10.9 Å². The van der Waals surface area contributed by atoms with Crippen LogP contribution in [0.3, 0.4) is 0 Å². The van der Waals surface area contributed by atoms with E-state index in [9.17, 15) is 4.79 Å². The number of nitrogens with one attached hydrogen (secondary N) is 1. The van der Waals surface area contributed by atoms with Gasteiger partial charge in [0.15, 0.2) is 0 Å². The second-order valence-electron chi connectivity index (χ2n) is 5.57. The molecule has 1 amide bonds. The molecule has 26 heavy (non-hydrogen) atoms. The zero-order chi connectivity index (χ0) is 18.4. The molecule has 3 aromatic rings. The van der Waals surface area contributed by atoms with Crippen LogP contribution in [0.2, 0.25) is 10.0 Å². The van der Waals surface area contributed by atoms with Gasteiger partial charge in [-0.3, -0.25) is 4.79 Å². The molecule has 0 spiro atoms. The van der Waals surface area contributed by atoms with E-state index in [2.05, 4.69) is 10.3 Å². The lowest BCUT2D eigenvalue weighted by molar-refractivity contribution is -0.120. The summed E-state index contributed by atoms with van der Waals surface area (Å²) in [5.74, 6) is 0.523. The molecule has 7 heteroatoms. The molecule has 134 valence electrons. The zero-order valence-corrected chi connectivity index (χ0v) is 16.1. The molecule has 3 rings (SSSR count). The Balaban J connectivity index is 1.48. The molecule has 0 aliphatic rings. The lowest BCUT2D eigenvalue weighted by atomic mass is 10.2. The fraction of sp³-hybridized carbons (Fsp3) is 0.158. The van der Waals surface area contributed by atoms with E-state index in [-0.39, 0.29) is 12.3 Å². The van der Waals surface area contributed by atoms with Gasteiger partial charge in [-0.2, -0.15) is 0 Å². The molecule has 1 aromatic heterocycles. The van der Waals surface area contributed by atoms with Gasteiger partial charge in [0.25, 0.3) is 0 Å². The van der Waals surface area contributed by atoms with Crippen molar-refractivity contribution in [3.63, 3.8) is 0 Å². The third-order valence-corrected chi connectivity index (χ3v) is 4.80. The predicted molar refractivity (Wildman–Crippen MR) is 105 cm³/mol. The first-order chi connectivity index (χ1) is 12.6. The second-order valence-corrected chi connectivity index (χ2v) is 7.38. The highest BCUT2D eigenvalue weighted by Crippen LogP contribution is 2.25. The van der Waals surface area contributed by atoms with Gasteiger partial charge in [0.2, 0.25) is 5.91 Å². The number of carbonyl (C=O) groups excluding carboxylic acids is 1. The minimum absolute atomic E-state index is 0.0581. The lowest BCUT2D eigenvalue weighted by Crippen LogP contribution is -2.24. The van der Waals surface area contributed by atoms with Gasteiger partial charge in [-0.25, -0.2) is 4.98 Å². The normalized spacial score (nSPS) is 10.5. The van der Waals surface area contributed by atoms with Crippen LogP contribution in [0.25, 0.3) is 0 Å². The van der Waals surface area contributed by atoms with E-state index in [0.29, 0.717) is 28.9 Å². The number of benzene rings is 2. The summed E-state index contributed by atoms with van der Waals surface area (Å²) in [5.41, 5.74) is 1.83. The SMILES string of the molecule is O=C(Cc1nc(COc2cc(Cl)cc(Cl)c2)cs1)NCc1ccccc1. The maximum atomic E-state index is 12.0. The Bertz CT molecular complexity index is 864. The fourth-order valence-electron chi connectivity index (χ4n) is 2.26. The maximum absolute atomic E-state index is 12.0. The average molecular weight is 407 g/mol. The molecule has 2 aromatic carbocycles. The average Bonchev–Trinajstić information content (AvgIpc) is 3.06. The highest BCUT2D eigenvalue weighted by Gasteiger charge is 2.09. The molecule has 1 N–H and O–H groups in total. The summed E-state index contributed by atoms with van der Waals surface area (Å²) in [6, 6.07) is 14.8. The summed E-state index contributed by atoms with van der Waals surface area (Å²) in [4.78, 5) is 16.5. The van der Waals surface area contributed by atoms with Crippen LogP contribution in [0.1, 0.15) is 16.3 Å². The minimum Gasteiger partial charge on any atom is -0.487 e. The summed E-state index contributed by atoms with van der Waals surface area (Å²) in [6.07, 6.45) is 0.250. The van der Waals surface area contributed by atoms with Crippen molar-refractivity contribution in [2.45, 2.75) is 19.6 Å². The molecule has 0 aliphatic carbocycles. The van der Waals surface area contributed by atoms with Gasteiger partial charge in [-0.1, -0.05) is 53.5 Å². The molecule has 0 atom stereocenters. The van der Waals surface area contributed by atoms with Crippen LogP contribution >= 0.6 is 34.5 Å². The number of amides is 1. The van der Waals surface area contributed by atoms with Gasteiger partial charge in [-0.05, 0) is 23.8 Å². The van der Waals surface area contributed by atoms with Gasteiger partial charge >= 0.3 is 0 Å². The Morgan fingerprint density at radius 3 is 2.58 bits per heavy atom. The highest BCUT2D eigenvalue weighted by molar-refractivity contribution is 7.09. The van der Waals surface area contributed by atoms with Gasteiger partial charge in [0.1, 0.15) is 17.4 Å². The van der Waals surface area contributed by atoms with Crippen molar-refractivity contribution in [2.24, 2.45) is 0 Å². The molecule has 0 fully saturated rings. The monoisotopic (exact) mass is 406 g/mol. The quantitative estimate of drug-likeness (QED) is 0.607. The number of aromatic nitrogens is 1. The Morgan fingerprint density at radius 1 is 1.12 bits per heavy atom. The number of hydrogen-bond acceptors (Lipinski definition) is 4. The van der Waals surface area contributed by atoms with Gasteiger partial charge in [0.05, 0.1) is 12.1 Å². The fourth-order valence-corrected chi connectivity index (χ4v) is 3.55. The van der Waals surface area contributed by atoms with Crippen LogP contribution in [0, 0.1) is 0 Å². The third-order valence-electron chi connectivity index (χ3n) is 3.47. The lowest BCUT2D eigenvalue weighted by Gasteiger charge is -2.05. The number of carbonyl (C=O) groups is 1. The highest BCUT2D eigenvalue weighted by atomic mass is 35.5. The molecule has 4 nitrogen and oxygen atoms in total. The molecule has 0 unspecified atom stereocenters. The van der Waals surface area contributed by atoms with Crippen molar-refractivity contribution in [3.05, 3.63) is 80.2 Å². The summed E-state index contributed by atoms with van der Waals surface area (Å²) in [6.45, 7) is 0.801. The van der Waals surface area contributed by atoms with Crippen molar-refractivity contribution in [3.8, 4) is 5.75 Å². The van der Waals surface area contributed by atoms with E-state index in [0.717, 1.165) is 16.3 Å². The van der Waals surface area contributed by atoms with Crippen LogP contribution in [0.4, 0.5) is 0 Å². The van der Waals surface area contributed by atoms with E-state index in [1.165, 1.54) is 11.3 Å². The summed E-state index contributed by atoms with van der Waals surface area (Å²) in [7, 11) is 0. The van der Waals surface area contributed by atoms with Crippen molar-refractivity contribution in [1.82, 2.24) is 10.3 Å². The largest absolute Gasteiger partial charge is 0.487 e. The Labute approximate surface area is 165 Å². The van der Waals surface area contributed by atoms with Crippen molar-refractivity contribution in [1.29, 1.82) is 0 Å². The van der Waals surface area contributed by atoms with E-state index in [1.807, 2.05) is 35.7 Å². The first-order valence-corrected chi connectivity index (χ1v) is 9.55. The van der Waals surface area contributed by atoms with Crippen molar-refractivity contribution in [2.75, 3.05) is 0 Å². The number of halogens is 2. The topological polar surface area (TPSA) is 51.2 Å². The van der Waals surface area contributed by atoms with Crippen molar-refractivity contribution >= 4 is 40.4 Å². The molecule has 1 heterocycles. The van der Waals surface area contributed by atoms with Gasteiger partial charge < -0.3 is 10.1 Å². The molecule has 0 bridgehead atoms.